The SMILES string of the molecule is O=C(NCC1CCCO1)c1ccc(Nc2cccc3cccnc23)nn1. The van der Waals surface area contributed by atoms with Gasteiger partial charge < -0.3 is 15.4 Å². The summed E-state index contributed by atoms with van der Waals surface area (Å²) in [5.74, 6) is 0.310. The number of para-hydroxylation sites is 1. The number of aromatic nitrogens is 3. The van der Waals surface area contributed by atoms with Gasteiger partial charge in [-0.15, -0.1) is 10.2 Å². The third-order valence-corrected chi connectivity index (χ3v) is 4.31. The number of nitrogens with zero attached hydrogens (tertiary/aromatic N) is 3. The van der Waals surface area contributed by atoms with Crippen molar-refractivity contribution in [3.63, 3.8) is 0 Å². The highest BCUT2D eigenvalue weighted by Crippen LogP contribution is 2.23. The Bertz CT molecular complexity index is 902. The molecule has 1 saturated heterocycles. The molecule has 1 aliphatic heterocycles. The summed E-state index contributed by atoms with van der Waals surface area (Å²) < 4.78 is 5.49. The summed E-state index contributed by atoms with van der Waals surface area (Å²) >= 11 is 0. The van der Waals surface area contributed by atoms with Crippen molar-refractivity contribution >= 4 is 28.3 Å². The number of hydrogen-bond acceptors (Lipinski definition) is 6. The lowest BCUT2D eigenvalue weighted by molar-refractivity contribution is 0.0853. The van der Waals surface area contributed by atoms with Crippen molar-refractivity contribution in [3.8, 4) is 0 Å². The van der Waals surface area contributed by atoms with Crippen molar-refractivity contribution in [1.29, 1.82) is 0 Å². The van der Waals surface area contributed by atoms with Gasteiger partial charge in [-0.2, -0.15) is 0 Å². The van der Waals surface area contributed by atoms with E-state index >= 15 is 0 Å². The van der Waals surface area contributed by atoms with Gasteiger partial charge in [0.15, 0.2) is 11.5 Å². The Morgan fingerprint density at radius 3 is 2.88 bits per heavy atom. The molecule has 1 aromatic carbocycles. The average molecular weight is 349 g/mol. The van der Waals surface area contributed by atoms with Crippen LogP contribution in [0.5, 0.6) is 0 Å². The fourth-order valence-electron chi connectivity index (χ4n) is 2.97. The van der Waals surface area contributed by atoms with Gasteiger partial charge in [0.05, 0.1) is 17.3 Å². The molecule has 26 heavy (non-hydrogen) atoms. The highest BCUT2D eigenvalue weighted by atomic mass is 16.5. The van der Waals surface area contributed by atoms with Crippen LogP contribution in [0.2, 0.25) is 0 Å². The van der Waals surface area contributed by atoms with Gasteiger partial charge in [-0.05, 0) is 37.1 Å². The molecule has 1 amide bonds. The molecule has 7 heteroatoms. The first-order chi connectivity index (χ1) is 12.8. The van der Waals surface area contributed by atoms with E-state index in [0.29, 0.717) is 12.4 Å². The van der Waals surface area contributed by atoms with Crippen LogP contribution in [0.15, 0.2) is 48.7 Å². The fourth-order valence-corrected chi connectivity index (χ4v) is 2.97. The summed E-state index contributed by atoms with van der Waals surface area (Å²) in [6.07, 6.45) is 3.88. The molecule has 2 aromatic heterocycles. The molecule has 2 N–H and O–H groups in total. The van der Waals surface area contributed by atoms with Crippen LogP contribution >= 0.6 is 0 Å². The largest absolute Gasteiger partial charge is 0.376 e. The van der Waals surface area contributed by atoms with E-state index in [4.69, 9.17) is 4.74 Å². The molecule has 1 unspecified atom stereocenters. The number of ether oxygens (including phenoxy) is 1. The predicted molar refractivity (Wildman–Crippen MR) is 98.4 cm³/mol. The Morgan fingerprint density at radius 1 is 1.15 bits per heavy atom. The van der Waals surface area contributed by atoms with Crippen LogP contribution in [-0.2, 0) is 4.74 Å². The molecule has 0 bridgehead atoms. The molecular weight excluding hydrogens is 330 g/mol. The maximum absolute atomic E-state index is 12.1. The van der Waals surface area contributed by atoms with E-state index in [1.54, 1.807) is 18.3 Å². The number of carbonyl (C=O) groups is 1. The molecule has 4 rings (SSSR count). The standard InChI is InChI=1S/C19H19N5O2/c25-19(21-12-14-6-3-11-26-14)16-8-9-17(24-23-16)22-15-7-1-4-13-5-2-10-20-18(13)15/h1-2,4-5,7-10,14H,3,6,11-12H2,(H,21,25)(H,22,24). The molecule has 0 spiro atoms. The number of anilines is 2. The highest BCUT2D eigenvalue weighted by molar-refractivity contribution is 5.93. The number of amides is 1. The first-order valence-corrected chi connectivity index (χ1v) is 8.64. The Morgan fingerprint density at radius 2 is 2.08 bits per heavy atom. The molecule has 3 aromatic rings. The Balaban J connectivity index is 1.43. The number of benzene rings is 1. The monoisotopic (exact) mass is 349 g/mol. The topological polar surface area (TPSA) is 89.0 Å². The zero-order valence-corrected chi connectivity index (χ0v) is 14.2. The fraction of sp³-hybridized carbons (Fsp3) is 0.263. The van der Waals surface area contributed by atoms with Gasteiger partial charge in [0.1, 0.15) is 0 Å². The van der Waals surface area contributed by atoms with Crippen LogP contribution in [0.3, 0.4) is 0 Å². The van der Waals surface area contributed by atoms with Crippen LogP contribution < -0.4 is 10.6 Å². The van der Waals surface area contributed by atoms with Crippen LogP contribution in [0.25, 0.3) is 10.9 Å². The summed E-state index contributed by atoms with van der Waals surface area (Å²) in [6, 6.07) is 13.2. The lowest BCUT2D eigenvalue weighted by Gasteiger charge is -2.10. The normalized spacial score (nSPS) is 16.5. The third kappa shape index (κ3) is 3.62. The van der Waals surface area contributed by atoms with Crippen LogP contribution in [0.4, 0.5) is 11.5 Å². The van der Waals surface area contributed by atoms with E-state index in [1.807, 2.05) is 30.3 Å². The summed E-state index contributed by atoms with van der Waals surface area (Å²) in [5, 5.41) is 15.2. The van der Waals surface area contributed by atoms with E-state index in [-0.39, 0.29) is 17.7 Å². The first kappa shape index (κ1) is 16.4. The van der Waals surface area contributed by atoms with E-state index in [2.05, 4.69) is 25.8 Å². The van der Waals surface area contributed by atoms with Crippen molar-refractivity contribution < 1.29 is 9.53 Å². The quantitative estimate of drug-likeness (QED) is 0.736. The molecule has 3 heterocycles. The van der Waals surface area contributed by atoms with Gasteiger partial charge in [0, 0.05) is 24.7 Å². The lowest BCUT2D eigenvalue weighted by atomic mass is 10.2. The number of fused-ring (bicyclic) bond motifs is 1. The number of nitrogens with one attached hydrogen (secondary N) is 2. The smallest absolute Gasteiger partial charge is 0.271 e. The van der Waals surface area contributed by atoms with E-state index in [0.717, 1.165) is 36.0 Å². The van der Waals surface area contributed by atoms with Crippen molar-refractivity contribution in [2.45, 2.75) is 18.9 Å². The van der Waals surface area contributed by atoms with E-state index in [1.165, 1.54) is 0 Å². The summed E-state index contributed by atoms with van der Waals surface area (Å²) in [5.41, 5.74) is 1.98. The number of hydrogen-bond donors (Lipinski definition) is 2. The van der Waals surface area contributed by atoms with E-state index < -0.39 is 0 Å². The minimum absolute atomic E-state index is 0.103. The Labute approximate surface area is 150 Å². The second-order valence-electron chi connectivity index (χ2n) is 6.15. The molecule has 132 valence electrons. The molecule has 1 fully saturated rings. The second-order valence-corrected chi connectivity index (χ2v) is 6.15. The van der Waals surface area contributed by atoms with Crippen LogP contribution in [0.1, 0.15) is 23.3 Å². The molecule has 7 nitrogen and oxygen atoms in total. The minimum atomic E-state index is -0.244. The molecule has 0 aliphatic carbocycles. The van der Waals surface area contributed by atoms with Gasteiger partial charge in [-0.1, -0.05) is 18.2 Å². The maximum atomic E-state index is 12.1. The van der Waals surface area contributed by atoms with Crippen molar-refractivity contribution in [3.05, 3.63) is 54.4 Å². The van der Waals surface area contributed by atoms with Gasteiger partial charge >= 0.3 is 0 Å². The maximum Gasteiger partial charge on any atom is 0.271 e. The average Bonchev–Trinajstić information content (AvgIpc) is 3.21. The van der Waals surface area contributed by atoms with Crippen LogP contribution in [0, 0.1) is 0 Å². The van der Waals surface area contributed by atoms with Gasteiger partial charge in [-0.3, -0.25) is 9.78 Å². The van der Waals surface area contributed by atoms with Crippen LogP contribution in [-0.4, -0.2) is 40.3 Å². The highest BCUT2D eigenvalue weighted by Gasteiger charge is 2.17. The number of carbonyl (C=O) groups excluding carboxylic acids is 1. The second kappa shape index (κ2) is 7.45. The molecule has 1 aliphatic rings. The summed E-state index contributed by atoms with van der Waals surface area (Å²) in [6.45, 7) is 1.27. The number of rotatable bonds is 5. The Kier molecular flexibility index (Phi) is 4.70. The number of pyridine rings is 1. The van der Waals surface area contributed by atoms with Crippen molar-refractivity contribution in [2.75, 3.05) is 18.5 Å². The first-order valence-electron chi connectivity index (χ1n) is 8.64. The zero-order chi connectivity index (χ0) is 17.8. The molecule has 1 atom stereocenters. The summed E-state index contributed by atoms with van der Waals surface area (Å²) in [7, 11) is 0. The molecule has 0 saturated carbocycles. The minimum Gasteiger partial charge on any atom is -0.376 e. The van der Waals surface area contributed by atoms with Crippen molar-refractivity contribution in [1.82, 2.24) is 20.5 Å². The predicted octanol–water partition coefficient (Wildman–Crippen LogP) is 2.68. The van der Waals surface area contributed by atoms with Gasteiger partial charge in [0.25, 0.3) is 5.91 Å². The lowest BCUT2D eigenvalue weighted by Crippen LogP contribution is -2.32. The molecule has 0 radical (unpaired) electrons. The van der Waals surface area contributed by atoms with Gasteiger partial charge in [-0.25, -0.2) is 0 Å². The summed E-state index contributed by atoms with van der Waals surface area (Å²) in [4.78, 5) is 16.5. The Hall–Kier alpha value is -3.06. The third-order valence-electron chi connectivity index (χ3n) is 4.31. The zero-order valence-electron chi connectivity index (χ0n) is 14.2. The van der Waals surface area contributed by atoms with E-state index in [9.17, 15) is 4.79 Å². The molecular formula is C19H19N5O2. The van der Waals surface area contributed by atoms with Crippen molar-refractivity contribution in [2.24, 2.45) is 0 Å². The van der Waals surface area contributed by atoms with Gasteiger partial charge in [0.2, 0.25) is 0 Å².